The maximum absolute atomic E-state index is 5.69. The summed E-state index contributed by atoms with van der Waals surface area (Å²) in [5, 5.41) is 3.39. The molecular weight excluding hydrogens is 164 g/mol. The lowest BCUT2D eigenvalue weighted by molar-refractivity contribution is 0.260. The number of rotatable bonds is 0. The summed E-state index contributed by atoms with van der Waals surface area (Å²) >= 11 is 0. The fraction of sp³-hybridized carbons (Fsp3) is 0.889. The van der Waals surface area contributed by atoms with Crippen molar-refractivity contribution >= 4 is 5.96 Å². The number of hydrogen-bond donors (Lipinski definition) is 2. The Morgan fingerprint density at radius 1 is 1.54 bits per heavy atom. The molecule has 3 aliphatic heterocycles. The number of hydrogen-bond acceptors (Lipinski definition) is 4. The van der Waals surface area contributed by atoms with Crippen LogP contribution in [0.4, 0.5) is 0 Å². The quantitative estimate of drug-likeness (QED) is 0.529. The van der Waals surface area contributed by atoms with Gasteiger partial charge in [0, 0.05) is 12.6 Å². The number of aliphatic imine (C=N–C) groups is 1. The maximum Gasteiger partial charge on any atom is 0.189 e. The van der Waals surface area contributed by atoms with Gasteiger partial charge in [0.1, 0.15) is 0 Å². The van der Waals surface area contributed by atoms with Gasteiger partial charge >= 0.3 is 0 Å². The van der Waals surface area contributed by atoms with Gasteiger partial charge < -0.3 is 11.1 Å². The van der Waals surface area contributed by atoms with Crippen LogP contribution in [-0.4, -0.2) is 42.1 Å². The van der Waals surface area contributed by atoms with Gasteiger partial charge in [-0.05, 0) is 25.8 Å². The molecule has 2 saturated heterocycles. The van der Waals surface area contributed by atoms with Crippen molar-refractivity contribution in [1.82, 2.24) is 10.2 Å². The van der Waals surface area contributed by atoms with Crippen LogP contribution in [0.1, 0.15) is 19.3 Å². The summed E-state index contributed by atoms with van der Waals surface area (Å²) in [6.07, 6.45) is 3.87. The molecule has 2 unspecified atom stereocenters. The second-order valence-electron chi connectivity index (χ2n) is 4.43. The SMILES string of the molecule is NC1=NCC2(CCN3CCCC32)N1. The molecule has 72 valence electrons. The highest BCUT2D eigenvalue weighted by molar-refractivity contribution is 5.81. The summed E-state index contributed by atoms with van der Waals surface area (Å²) < 4.78 is 0. The van der Waals surface area contributed by atoms with Crippen LogP contribution in [0.5, 0.6) is 0 Å². The fourth-order valence-electron chi connectivity index (χ4n) is 3.12. The third-order valence-electron chi connectivity index (χ3n) is 3.76. The first kappa shape index (κ1) is 7.62. The molecule has 2 fully saturated rings. The molecular formula is C9H16N4. The van der Waals surface area contributed by atoms with Gasteiger partial charge in [-0.2, -0.15) is 0 Å². The molecule has 0 amide bonds. The van der Waals surface area contributed by atoms with E-state index in [1.807, 2.05) is 0 Å². The van der Waals surface area contributed by atoms with Gasteiger partial charge in [-0.3, -0.25) is 9.89 Å². The third-order valence-corrected chi connectivity index (χ3v) is 3.76. The van der Waals surface area contributed by atoms with Gasteiger partial charge in [-0.25, -0.2) is 0 Å². The molecule has 4 nitrogen and oxygen atoms in total. The van der Waals surface area contributed by atoms with Gasteiger partial charge in [0.15, 0.2) is 5.96 Å². The molecule has 0 saturated carbocycles. The Balaban J connectivity index is 1.85. The summed E-state index contributed by atoms with van der Waals surface area (Å²) in [5.74, 6) is 0.647. The monoisotopic (exact) mass is 180 g/mol. The average molecular weight is 180 g/mol. The van der Waals surface area contributed by atoms with E-state index in [0.29, 0.717) is 12.0 Å². The number of guanidine groups is 1. The van der Waals surface area contributed by atoms with Crippen molar-refractivity contribution in [3.05, 3.63) is 0 Å². The van der Waals surface area contributed by atoms with Gasteiger partial charge in [0.2, 0.25) is 0 Å². The van der Waals surface area contributed by atoms with Gasteiger partial charge in [-0.15, -0.1) is 0 Å². The lowest BCUT2D eigenvalue weighted by Crippen LogP contribution is -2.54. The summed E-state index contributed by atoms with van der Waals surface area (Å²) in [4.78, 5) is 6.87. The normalized spacial score (nSPS) is 43.7. The standard InChI is InChI=1S/C9H16N4/c10-8-11-6-9(12-8)3-5-13-4-1-2-7(9)13/h7H,1-6H2,(H3,10,11,12). The highest BCUT2D eigenvalue weighted by atomic mass is 15.3. The Hall–Kier alpha value is -0.770. The molecule has 0 aromatic rings. The molecule has 3 aliphatic rings. The minimum atomic E-state index is 0.209. The van der Waals surface area contributed by atoms with Crippen LogP contribution in [0.3, 0.4) is 0 Å². The van der Waals surface area contributed by atoms with E-state index in [1.54, 1.807) is 0 Å². The number of nitrogens with one attached hydrogen (secondary N) is 1. The van der Waals surface area contributed by atoms with Gasteiger partial charge in [0.25, 0.3) is 0 Å². The Morgan fingerprint density at radius 2 is 2.46 bits per heavy atom. The van der Waals surface area contributed by atoms with E-state index in [9.17, 15) is 0 Å². The first-order valence-electron chi connectivity index (χ1n) is 5.12. The third kappa shape index (κ3) is 0.921. The average Bonchev–Trinajstić information content (AvgIpc) is 2.72. The topological polar surface area (TPSA) is 53.6 Å². The summed E-state index contributed by atoms with van der Waals surface area (Å²) in [6.45, 7) is 3.38. The van der Waals surface area contributed by atoms with E-state index in [4.69, 9.17) is 5.73 Å². The zero-order valence-electron chi connectivity index (χ0n) is 7.79. The molecule has 3 N–H and O–H groups in total. The predicted octanol–water partition coefficient (Wildman–Crippen LogP) is -0.489. The van der Waals surface area contributed by atoms with E-state index in [2.05, 4.69) is 15.2 Å². The van der Waals surface area contributed by atoms with Gasteiger partial charge in [-0.1, -0.05) is 0 Å². The zero-order chi connectivity index (χ0) is 8.89. The van der Waals surface area contributed by atoms with Crippen LogP contribution in [0.2, 0.25) is 0 Å². The highest BCUT2D eigenvalue weighted by Crippen LogP contribution is 2.37. The Morgan fingerprint density at radius 3 is 3.23 bits per heavy atom. The number of nitrogens with two attached hydrogens (primary N) is 1. The predicted molar refractivity (Wildman–Crippen MR) is 51.6 cm³/mol. The number of nitrogens with zero attached hydrogens (tertiary/aromatic N) is 2. The van der Waals surface area contributed by atoms with Crippen molar-refractivity contribution in [2.24, 2.45) is 10.7 Å². The molecule has 0 bridgehead atoms. The molecule has 4 heteroatoms. The van der Waals surface area contributed by atoms with Crippen LogP contribution in [0.15, 0.2) is 4.99 Å². The second-order valence-corrected chi connectivity index (χ2v) is 4.43. The summed E-state index contributed by atoms with van der Waals surface area (Å²) in [7, 11) is 0. The zero-order valence-corrected chi connectivity index (χ0v) is 7.79. The van der Waals surface area contributed by atoms with Crippen LogP contribution in [-0.2, 0) is 0 Å². The Labute approximate surface area is 78.2 Å². The van der Waals surface area contributed by atoms with Crippen molar-refractivity contribution in [2.45, 2.75) is 30.8 Å². The Kier molecular flexibility index (Phi) is 1.39. The lowest BCUT2D eigenvalue weighted by Gasteiger charge is -2.30. The van der Waals surface area contributed by atoms with Crippen molar-refractivity contribution in [2.75, 3.05) is 19.6 Å². The molecule has 2 atom stereocenters. The van der Waals surface area contributed by atoms with Crippen LogP contribution >= 0.6 is 0 Å². The van der Waals surface area contributed by atoms with Crippen LogP contribution in [0.25, 0.3) is 0 Å². The molecule has 0 radical (unpaired) electrons. The maximum atomic E-state index is 5.69. The molecule has 13 heavy (non-hydrogen) atoms. The molecule has 0 aliphatic carbocycles. The van der Waals surface area contributed by atoms with E-state index in [0.717, 1.165) is 6.54 Å². The molecule has 3 rings (SSSR count). The largest absolute Gasteiger partial charge is 0.370 e. The molecule has 1 spiro atoms. The molecule has 0 aromatic heterocycles. The van der Waals surface area contributed by atoms with E-state index >= 15 is 0 Å². The van der Waals surface area contributed by atoms with Gasteiger partial charge in [0.05, 0.1) is 12.1 Å². The molecule has 3 heterocycles. The first-order chi connectivity index (χ1) is 6.30. The van der Waals surface area contributed by atoms with Crippen LogP contribution < -0.4 is 11.1 Å². The second kappa shape index (κ2) is 2.38. The Bertz CT molecular complexity index is 262. The minimum Gasteiger partial charge on any atom is -0.370 e. The molecule has 0 aromatic carbocycles. The smallest absolute Gasteiger partial charge is 0.189 e. The summed E-state index contributed by atoms with van der Waals surface area (Å²) in [6, 6.07) is 0.692. The van der Waals surface area contributed by atoms with Crippen molar-refractivity contribution in [3.8, 4) is 0 Å². The minimum absolute atomic E-state index is 0.209. The van der Waals surface area contributed by atoms with E-state index in [1.165, 1.54) is 32.4 Å². The van der Waals surface area contributed by atoms with Crippen molar-refractivity contribution in [1.29, 1.82) is 0 Å². The lowest BCUT2D eigenvalue weighted by atomic mass is 9.89. The van der Waals surface area contributed by atoms with E-state index in [-0.39, 0.29) is 5.54 Å². The van der Waals surface area contributed by atoms with Crippen LogP contribution in [0, 0.1) is 0 Å². The van der Waals surface area contributed by atoms with Crippen molar-refractivity contribution < 1.29 is 0 Å². The highest BCUT2D eigenvalue weighted by Gasteiger charge is 2.51. The number of fused-ring (bicyclic) bond motifs is 2. The fourth-order valence-corrected chi connectivity index (χ4v) is 3.12. The van der Waals surface area contributed by atoms with E-state index < -0.39 is 0 Å². The van der Waals surface area contributed by atoms with Crippen molar-refractivity contribution in [3.63, 3.8) is 0 Å². The summed E-state index contributed by atoms with van der Waals surface area (Å²) in [5.41, 5.74) is 5.90. The first-order valence-corrected chi connectivity index (χ1v) is 5.12.